The molecule has 12 heavy (non-hydrogen) atoms. The van der Waals surface area contributed by atoms with Crippen LogP contribution in [0.25, 0.3) is 0 Å². The minimum absolute atomic E-state index is 0. The summed E-state index contributed by atoms with van der Waals surface area (Å²) in [7, 11) is 0. The molecule has 1 rings (SSSR count). The van der Waals surface area contributed by atoms with Gasteiger partial charge in [0.05, 0.1) is 0 Å². The van der Waals surface area contributed by atoms with Crippen LogP contribution in [0.3, 0.4) is 0 Å². The number of rotatable bonds is 2. The van der Waals surface area contributed by atoms with Gasteiger partial charge < -0.3 is 17.8 Å². The van der Waals surface area contributed by atoms with Crippen molar-refractivity contribution in [1.29, 1.82) is 0 Å². The SMILES string of the molecule is CC1CCN(C[B-](F)(F)F)C1.[K+]. The molecule has 6 heteroatoms. The van der Waals surface area contributed by atoms with E-state index in [1.165, 1.54) is 4.90 Å². The summed E-state index contributed by atoms with van der Waals surface area (Å²) in [5, 5.41) is 0. The maximum Gasteiger partial charge on any atom is 1.00 e. The first-order chi connectivity index (χ1) is 4.97. The van der Waals surface area contributed by atoms with Crippen molar-refractivity contribution in [3.05, 3.63) is 0 Å². The number of nitrogens with zero attached hydrogens (tertiary/aromatic N) is 1. The van der Waals surface area contributed by atoms with E-state index in [2.05, 4.69) is 0 Å². The van der Waals surface area contributed by atoms with E-state index in [0.29, 0.717) is 19.0 Å². The maximum absolute atomic E-state index is 11.9. The van der Waals surface area contributed by atoms with E-state index in [-0.39, 0.29) is 51.4 Å². The monoisotopic (exact) mass is 205 g/mol. The average Bonchev–Trinajstić information content (AvgIpc) is 2.10. The van der Waals surface area contributed by atoms with Crippen molar-refractivity contribution in [2.24, 2.45) is 5.92 Å². The zero-order valence-corrected chi connectivity index (χ0v) is 10.7. The minimum atomic E-state index is -4.61. The van der Waals surface area contributed by atoms with Crippen LogP contribution in [0.15, 0.2) is 0 Å². The van der Waals surface area contributed by atoms with Crippen LogP contribution in [0.2, 0.25) is 0 Å². The third-order valence-electron chi connectivity index (χ3n) is 1.97. The van der Waals surface area contributed by atoms with E-state index in [1.807, 2.05) is 6.92 Å². The molecule has 0 amide bonds. The zero-order valence-electron chi connectivity index (χ0n) is 7.56. The van der Waals surface area contributed by atoms with Crippen LogP contribution >= 0.6 is 0 Å². The van der Waals surface area contributed by atoms with Gasteiger partial charge in [0.25, 0.3) is 0 Å². The second-order valence-electron chi connectivity index (χ2n) is 3.36. The molecule has 1 aliphatic rings. The van der Waals surface area contributed by atoms with Gasteiger partial charge in [-0.15, -0.1) is 0 Å². The van der Waals surface area contributed by atoms with Gasteiger partial charge in [-0.05, 0) is 31.9 Å². The minimum Gasteiger partial charge on any atom is -0.448 e. The third kappa shape index (κ3) is 5.24. The van der Waals surface area contributed by atoms with E-state index >= 15 is 0 Å². The summed E-state index contributed by atoms with van der Waals surface area (Å²) in [6.45, 7) is -1.39. The van der Waals surface area contributed by atoms with Crippen LogP contribution in [0, 0.1) is 5.92 Å². The summed E-state index contributed by atoms with van der Waals surface area (Å²) in [6.07, 6.45) is 0.233. The predicted molar refractivity (Wildman–Crippen MR) is 39.3 cm³/mol. The van der Waals surface area contributed by atoms with Crippen LogP contribution in [0.1, 0.15) is 13.3 Å². The molecule has 0 aromatic rings. The van der Waals surface area contributed by atoms with E-state index in [1.54, 1.807) is 0 Å². The van der Waals surface area contributed by atoms with Gasteiger partial charge in [0.1, 0.15) is 0 Å². The van der Waals surface area contributed by atoms with E-state index in [4.69, 9.17) is 0 Å². The van der Waals surface area contributed by atoms with E-state index in [9.17, 15) is 12.9 Å². The first kappa shape index (κ1) is 13.5. The second kappa shape index (κ2) is 5.36. The van der Waals surface area contributed by atoms with Gasteiger partial charge in [0.2, 0.25) is 0 Å². The summed E-state index contributed by atoms with van der Waals surface area (Å²) in [5.41, 5.74) is 0. The normalized spacial score (nSPS) is 25.5. The fourth-order valence-electron chi connectivity index (χ4n) is 1.48. The molecule has 1 heterocycles. The van der Waals surface area contributed by atoms with Gasteiger partial charge in [0, 0.05) is 0 Å². The van der Waals surface area contributed by atoms with Crippen molar-refractivity contribution in [2.75, 3.05) is 19.5 Å². The van der Waals surface area contributed by atoms with Crippen molar-refractivity contribution in [2.45, 2.75) is 13.3 Å². The molecule has 1 unspecified atom stereocenters. The molecule has 0 aromatic carbocycles. The molecule has 0 saturated carbocycles. The van der Waals surface area contributed by atoms with Crippen molar-refractivity contribution < 1.29 is 64.3 Å². The Morgan fingerprint density at radius 1 is 1.42 bits per heavy atom. The van der Waals surface area contributed by atoms with Crippen LogP contribution in [0.5, 0.6) is 0 Å². The molecule has 1 saturated heterocycles. The average molecular weight is 205 g/mol. The van der Waals surface area contributed by atoms with Crippen LogP contribution in [-0.2, 0) is 0 Å². The smallest absolute Gasteiger partial charge is 0.448 e. The number of hydrogen-bond donors (Lipinski definition) is 0. The summed E-state index contributed by atoms with van der Waals surface area (Å²) < 4.78 is 35.6. The molecule has 66 valence electrons. The molecule has 0 radical (unpaired) electrons. The quantitative estimate of drug-likeness (QED) is 0.507. The molecular weight excluding hydrogens is 193 g/mol. The van der Waals surface area contributed by atoms with Crippen LogP contribution in [0.4, 0.5) is 12.9 Å². The van der Waals surface area contributed by atoms with Crippen LogP contribution in [-0.4, -0.2) is 31.4 Å². The maximum atomic E-state index is 11.9. The fraction of sp³-hybridized carbons (Fsp3) is 1.00. The summed E-state index contributed by atoms with van der Waals surface area (Å²) in [6, 6.07) is 0. The van der Waals surface area contributed by atoms with E-state index < -0.39 is 13.4 Å². The largest absolute Gasteiger partial charge is 1.00 e. The molecule has 1 fully saturated rings. The second-order valence-corrected chi connectivity index (χ2v) is 3.36. The Hall–Kier alpha value is 1.45. The Morgan fingerprint density at radius 2 is 2.00 bits per heavy atom. The van der Waals surface area contributed by atoms with Gasteiger partial charge >= 0.3 is 58.4 Å². The Labute approximate surface area is 114 Å². The third-order valence-corrected chi connectivity index (χ3v) is 1.97. The molecule has 1 nitrogen and oxygen atoms in total. The molecule has 0 bridgehead atoms. The van der Waals surface area contributed by atoms with Crippen molar-refractivity contribution in [3.8, 4) is 0 Å². The number of likely N-dealkylation sites (tertiary alicyclic amines) is 1. The molecule has 0 aliphatic carbocycles. The van der Waals surface area contributed by atoms with Gasteiger partial charge in [-0.25, -0.2) is 0 Å². The standard InChI is InChI=1S/C6H12BF3N.K/c1-6-2-3-11(4-6)5-7(8,9)10;/h6H,2-5H2,1H3;/q-1;+1. The first-order valence-electron chi connectivity index (χ1n) is 3.91. The molecule has 0 spiro atoms. The van der Waals surface area contributed by atoms with Gasteiger partial charge in [-0.3, -0.25) is 0 Å². The Balaban J connectivity index is 0.00000121. The Morgan fingerprint density at radius 3 is 2.33 bits per heavy atom. The Bertz CT molecular complexity index is 141. The number of halogens is 3. The summed E-state index contributed by atoms with van der Waals surface area (Å²) in [4.78, 5) is 1.49. The Kier molecular flexibility index (Phi) is 6.01. The topological polar surface area (TPSA) is 3.24 Å². The molecule has 0 aromatic heterocycles. The van der Waals surface area contributed by atoms with Crippen molar-refractivity contribution in [1.82, 2.24) is 4.90 Å². The molecule has 1 atom stereocenters. The number of hydrogen-bond acceptors (Lipinski definition) is 1. The molecule has 0 N–H and O–H groups in total. The van der Waals surface area contributed by atoms with Crippen molar-refractivity contribution >= 4 is 6.98 Å². The van der Waals surface area contributed by atoms with Gasteiger partial charge in [-0.1, -0.05) is 6.92 Å². The first-order valence-corrected chi connectivity index (χ1v) is 3.91. The zero-order chi connectivity index (χ0) is 8.48. The van der Waals surface area contributed by atoms with Crippen molar-refractivity contribution in [3.63, 3.8) is 0 Å². The van der Waals surface area contributed by atoms with E-state index in [0.717, 1.165) is 6.42 Å². The van der Waals surface area contributed by atoms with Gasteiger partial charge in [-0.2, -0.15) is 0 Å². The molecule has 1 aliphatic heterocycles. The molecular formula is C6H12BF3KN. The fourth-order valence-corrected chi connectivity index (χ4v) is 1.48. The predicted octanol–water partition coefficient (Wildman–Crippen LogP) is -1.28. The summed E-state index contributed by atoms with van der Waals surface area (Å²) in [5.74, 6) is 0.438. The van der Waals surface area contributed by atoms with Crippen LogP contribution < -0.4 is 51.4 Å². The summed E-state index contributed by atoms with van der Waals surface area (Å²) >= 11 is 0. The van der Waals surface area contributed by atoms with Gasteiger partial charge in [0.15, 0.2) is 0 Å².